The second-order valence-electron chi connectivity index (χ2n) is 4.64. The molecule has 16 heavy (non-hydrogen) atoms. The monoisotopic (exact) mass is 223 g/mol. The lowest BCUT2D eigenvalue weighted by Crippen LogP contribution is -2.41. The number of aryl methyl sites for hydroxylation is 1. The number of hydrogen-bond acceptors (Lipinski definition) is 4. The molecule has 0 amide bonds. The van der Waals surface area contributed by atoms with E-state index in [1.165, 1.54) is 25.9 Å². The van der Waals surface area contributed by atoms with Gasteiger partial charge in [-0.1, -0.05) is 0 Å². The molecule has 2 rings (SSSR count). The van der Waals surface area contributed by atoms with E-state index in [4.69, 9.17) is 0 Å². The molecular formula is C11H21N5. The van der Waals surface area contributed by atoms with Crippen molar-refractivity contribution in [2.45, 2.75) is 25.3 Å². The zero-order valence-electron chi connectivity index (χ0n) is 10.2. The molecule has 1 aliphatic heterocycles. The maximum atomic E-state index is 4.08. The summed E-state index contributed by atoms with van der Waals surface area (Å²) in [4.78, 5) is 2.39. The predicted octanol–water partition coefficient (Wildman–Crippen LogP) is 0.0414. The van der Waals surface area contributed by atoms with Gasteiger partial charge in [-0.2, -0.15) is 0 Å². The number of nitrogens with one attached hydrogen (secondary N) is 1. The minimum Gasteiger partial charge on any atom is -0.321 e. The third-order valence-electron chi connectivity index (χ3n) is 3.31. The van der Waals surface area contributed by atoms with Gasteiger partial charge in [-0.15, -0.1) is 10.2 Å². The lowest BCUT2D eigenvalue weighted by Gasteiger charge is -2.29. The molecule has 1 N–H and O–H groups in total. The van der Waals surface area contributed by atoms with E-state index in [0.29, 0.717) is 6.04 Å². The molecule has 90 valence electrons. The Morgan fingerprint density at radius 3 is 2.75 bits per heavy atom. The highest BCUT2D eigenvalue weighted by atomic mass is 15.2. The second-order valence-corrected chi connectivity index (χ2v) is 4.64. The van der Waals surface area contributed by atoms with Crippen LogP contribution in [0.2, 0.25) is 0 Å². The first-order valence-corrected chi connectivity index (χ1v) is 6.00. The lowest BCUT2D eigenvalue weighted by atomic mass is 10.1. The molecule has 0 saturated carbocycles. The number of rotatable bonds is 4. The van der Waals surface area contributed by atoms with Crippen LogP contribution in [0.1, 0.15) is 18.7 Å². The molecule has 1 aliphatic rings. The fourth-order valence-corrected chi connectivity index (χ4v) is 2.13. The molecule has 1 saturated heterocycles. The summed E-state index contributed by atoms with van der Waals surface area (Å²) in [5, 5.41) is 11.6. The number of piperidine rings is 1. The van der Waals surface area contributed by atoms with Gasteiger partial charge in [-0.25, -0.2) is 0 Å². The lowest BCUT2D eigenvalue weighted by molar-refractivity contribution is 0.235. The Hall–Kier alpha value is -0.940. The van der Waals surface area contributed by atoms with Crippen molar-refractivity contribution >= 4 is 0 Å². The van der Waals surface area contributed by atoms with E-state index in [1.807, 2.05) is 11.6 Å². The van der Waals surface area contributed by atoms with Crippen molar-refractivity contribution < 1.29 is 0 Å². The van der Waals surface area contributed by atoms with Crippen molar-refractivity contribution in [3.63, 3.8) is 0 Å². The quantitative estimate of drug-likeness (QED) is 0.783. The average molecular weight is 223 g/mol. The molecule has 0 bridgehead atoms. The smallest absolute Gasteiger partial charge is 0.133 e. The van der Waals surface area contributed by atoms with Crippen molar-refractivity contribution in [3.05, 3.63) is 12.2 Å². The van der Waals surface area contributed by atoms with E-state index < -0.39 is 0 Å². The number of aromatic nitrogens is 3. The predicted molar refractivity (Wildman–Crippen MR) is 63.2 cm³/mol. The normalized spacial score (nSPS) is 19.1. The fourth-order valence-electron chi connectivity index (χ4n) is 2.13. The molecule has 5 heteroatoms. The number of nitrogens with zero attached hydrogens (tertiary/aromatic N) is 4. The minimum atomic E-state index is 0.685. The van der Waals surface area contributed by atoms with Crippen LogP contribution in [0, 0.1) is 0 Å². The molecule has 0 aliphatic carbocycles. The summed E-state index contributed by atoms with van der Waals surface area (Å²) in [7, 11) is 4.18. The van der Waals surface area contributed by atoms with Crippen LogP contribution in [-0.2, 0) is 13.5 Å². The SMILES string of the molecule is CN1CCC(NCCc2nncn2C)CC1. The maximum Gasteiger partial charge on any atom is 0.133 e. The Bertz CT molecular complexity index is 314. The van der Waals surface area contributed by atoms with Gasteiger partial charge in [0.05, 0.1) is 0 Å². The Labute approximate surface area is 96.8 Å². The first kappa shape index (κ1) is 11.5. The zero-order chi connectivity index (χ0) is 11.4. The molecule has 0 spiro atoms. The van der Waals surface area contributed by atoms with E-state index in [1.54, 1.807) is 6.33 Å². The van der Waals surface area contributed by atoms with Gasteiger partial charge in [-0.3, -0.25) is 0 Å². The van der Waals surface area contributed by atoms with Crippen molar-refractivity contribution in [2.24, 2.45) is 7.05 Å². The van der Waals surface area contributed by atoms with Gasteiger partial charge in [-0.05, 0) is 33.0 Å². The number of likely N-dealkylation sites (tertiary alicyclic amines) is 1. The molecule has 0 unspecified atom stereocenters. The summed E-state index contributed by atoms with van der Waals surface area (Å²) < 4.78 is 1.98. The molecule has 0 radical (unpaired) electrons. The molecule has 0 atom stereocenters. The van der Waals surface area contributed by atoms with E-state index in [0.717, 1.165) is 18.8 Å². The number of hydrogen-bond donors (Lipinski definition) is 1. The zero-order valence-corrected chi connectivity index (χ0v) is 10.2. The summed E-state index contributed by atoms with van der Waals surface area (Å²) >= 11 is 0. The highest BCUT2D eigenvalue weighted by Gasteiger charge is 2.15. The van der Waals surface area contributed by atoms with Gasteiger partial charge >= 0.3 is 0 Å². The molecule has 1 aromatic heterocycles. The highest BCUT2D eigenvalue weighted by Crippen LogP contribution is 2.07. The van der Waals surface area contributed by atoms with Crippen LogP contribution in [0.4, 0.5) is 0 Å². The molecule has 2 heterocycles. The Balaban J connectivity index is 1.67. The van der Waals surface area contributed by atoms with Gasteiger partial charge in [0.25, 0.3) is 0 Å². The summed E-state index contributed by atoms with van der Waals surface area (Å²) in [6.45, 7) is 3.42. The van der Waals surface area contributed by atoms with Gasteiger partial charge in [0.1, 0.15) is 12.2 Å². The van der Waals surface area contributed by atoms with E-state index in [2.05, 4.69) is 27.5 Å². The second kappa shape index (κ2) is 5.41. The van der Waals surface area contributed by atoms with Crippen molar-refractivity contribution in [1.29, 1.82) is 0 Å². The highest BCUT2D eigenvalue weighted by molar-refractivity contribution is 4.86. The summed E-state index contributed by atoms with van der Waals surface area (Å²) in [5.41, 5.74) is 0. The summed E-state index contributed by atoms with van der Waals surface area (Å²) in [5.74, 6) is 1.06. The van der Waals surface area contributed by atoms with Gasteiger partial charge < -0.3 is 14.8 Å². The van der Waals surface area contributed by atoms with E-state index >= 15 is 0 Å². The standard InChI is InChI=1S/C11H21N5/c1-15-7-4-10(5-8-15)12-6-3-11-14-13-9-16(11)2/h9-10,12H,3-8H2,1-2H3. The van der Waals surface area contributed by atoms with Crippen LogP contribution in [0.25, 0.3) is 0 Å². The van der Waals surface area contributed by atoms with Crippen LogP contribution in [0.15, 0.2) is 6.33 Å². The van der Waals surface area contributed by atoms with Gasteiger partial charge in [0.15, 0.2) is 0 Å². The fraction of sp³-hybridized carbons (Fsp3) is 0.818. The minimum absolute atomic E-state index is 0.685. The topological polar surface area (TPSA) is 46.0 Å². The first-order chi connectivity index (χ1) is 7.75. The third-order valence-corrected chi connectivity index (χ3v) is 3.31. The maximum absolute atomic E-state index is 4.08. The Kier molecular flexibility index (Phi) is 3.90. The van der Waals surface area contributed by atoms with Gasteiger partial charge in [0, 0.05) is 26.1 Å². The van der Waals surface area contributed by atoms with Gasteiger partial charge in [0.2, 0.25) is 0 Å². The largest absolute Gasteiger partial charge is 0.321 e. The summed E-state index contributed by atoms with van der Waals surface area (Å²) in [6.07, 6.45) is 5.23. The Morgan fingerprint density at radius 2 is 2.12 bits per heavy atom. The van der Waals surface area contributed by atoms with Crippen molar-refractivity contribution in [3.8, 4) is 0 Å². The van der Waals surface area contributed by atoms with E-state index in [-0.39, 0.29) is 0 Å². The van der Waals surface area contributed by atoms with Crippen molar-refractivity contribution in [2.75, 3.05) is 26.7 Å². The molecule has 0 aromatic carbocycles. The molecular weight excluding hydrogens is 202 g/mol. The first-order valence-electron chi connectivity index (χ1n) is 6.00. The van der Waals surface area contributed by atoms with Crippen LogP contribution >= 0.6 is 0 Å². The van der Waals surface area contributed by atoms with E-state index in [9.17, 15) is 0 Å². The van der Waals surface area contributed by atoms with Crippen LogP contribution in [-0.4, -0.2) is 52.4 Å². The molecule has 1 fully saturated rings. The van der Waals surface area contributed by atoms with Crippen LogP contribution in [0.3, 0.4) is 0 Å². The summed E-state index contributed by atoms with van der Waals surface area (Å²) in [6, 6.07) is 0.685. The third kappa shape index (κ3) is 3.02. The average Bonchev–Trinajstić information content (AvgIpc) is 2.68. The van der Waals surface area contributed by atoms with Crippen molar-refractivity contribution in [1.82, 2.24) is 25.0 Å². The molecule has 1 aromatic rings. The molecule has 5 nitrogen and oxygen atoms in total. The van der Waals surface area contributed by atoms with Crippen LogP contribution in [0.5, 0.6) is 0 Å². The van der Waals surface area contributed by atoms with Crippen LogP contribution < -0.4 is 5.32 Å². The Morgan fingerprint density at radius 1 is 1.38 bits per heavy atom.